The molecule has 210 valence electrons. The first-order chi connectivity index (χ1) is 19.1. The number of nitrogens with two attached hydrogens (primary N) is 1. The van der Waals surface area contributed by atoms with Gasteiger partial charge >= 0.3 is 11.8 Å². The predicted octanol–water partition coefficient (Wildman–Crippen LogP) is 3.72. The van der Waals surface area contributed by atoms with Crippen LogP contribution in [0.1, 0.15) is 20.3 Å². The molecular formula is C25H22F5N7O3. The molecule has 0 saturated carbocycles. The topological polar surface area (TPSA) is 128 Å². The van der Waals surface area contributed by atoms with Crippen molar-refractivity contribution in [2.45, 2.75) is 18.9 Å². The fourth-order valence-electron chi connectivity index (χ4n) is 4.54. The number of anilines is 1. The van der Waals surface area contributed by atoms with Crippen molar-refractivity contribution < 1.29 is 37.7 Å². The van der Waals surface area contributed by atoms with E-state index in [0.29, 0.717) is 19.4 Å². The average Bonchev–Trinajstić information content (AvgIpc) is 3.34. The number of fused-ring (bicyclic) bond motifs is 1. The lowest BCUT2D eigenvalue weighted by molar-refractivity contribution is -0.146. The fourth-order valence-corrected chi connectivity index (χ4v) is 4.54. The summed E-state index contributed by atoms with van der Waals surface area (Å²) in [5.74, 6) is -11.2. The van der Waals surface area contributed by atoms with E-state index in [0.717, 1.165) is 12.1 Å². The molecule has 4 aromatic rings. The van der Waals surface area contributed by atoms with E-state index in [9.17, 15) is 27.2 Å². The molecule has 0 bridgehead atoms. The van der Waals surface area contributed by atoms with Gasteiger partial charge in [-0.1, -0.05) is 0 Å². The predicted molar refractivity (Wildman–Crippen MR) is 133 cm³/mol. The van der Waals surface area contributed by atoms with Crippen molar-refractivity contribution in [1.29, 1.82) is 0 Å². The van der Waals surface area contributed by atoms with E-state index in [1.807, 2.05) is 0 Å². The number of ether oxygens (including phenoxy) is 1. The Morgan fingerprint density at radius 2 is 1.80 bits per heavy atom. The lowest BCUT2D eigenvalue weighted by atomic mass is 10.1. The largest absolute Gasteiger partial charge is 0.451 e. The summed E-state index contributed by atoms with van der Waals surface area (Å²) >= 11 is 0. The highest BCUT2D eigenvalue weighted by Gasteiger charge is 2.31. The summed E-state index contributed by atoms with van der Waals surface area (Å²) < 4.78 is 76.9. The van der Waals surface area contributed by atoms with E-state index in [2.05, 4.69) is 20.4 Å². The second kappa shape index (κ2) is 10.4. The van der Waals surface area contributed by atoms with Crippen molar-refractivity contribution in [2.75, 3.05) is 25.9 Å². The van der Waals surface area contributed by atoms with Gasteiger partial charge in [-0.05, 0) is 25.0 Å². The number of carbonyl (C=O) groups excluding carboxylic acids is 2. The Morgan fingerprint density at radius 3 is 2.48 bits per heavy atom. The molecule has 1 unspecified atom stereocenters. The molecule has 1 saturated heterocycles. The number of likely N-dealkylation sites (N-methyl/N-ethyl adjacent to an activating group) is 1. The number of nitrogens with one attached hydrogen (secondary N) is 1. The monoisotopic (exact) mass is 563 g/mol. The van der Waals surface area contributed by atoms with Crippen molar-refractivity contribution in [3.05, 3.63) is 59.7 Å². The quantitative estimate of drug-likeness (QED) is 0.220. The first kappa shape index (κ1) is 26.8. The number of amides is 2. The zero-order valence-corrected chi connectivity index (χ0v) is 20.7. The van der Waals surface area contributed by atoms with E-state index in [4.69, 9.17) is 10.5 Å². The van der Waals surface area contributed by atoms with Gasteiger partial charge in [-0.15, -0.1) is 0 Å². The summed E-state index contributed by atoms with van der Waals surface area (Å²) in [6.07, 6.45) is 2.32. The number of piperidine rings is 1. The van der Waals surface area contributed by atoms with Crippen molar-refractivity contribution in [1.82, 2.24) is 30.0 Å². The molecule has 1 atom stereocenters. The molecule has 3 heterocycles. The summed E-state index contributed by atoms with van der Waals surface area (Å²) in [5.41, 5.74) is 6.26. The molecule has 10 nitrogen and oxygen atoms in total. The van der Waals surface area contributed by atoms with E-state index in [1.165, 1.54) is 29.0 Å². The highest BCUT2D eigenvalue weighted by atomic mass is 19.2. The number of hydrogen-bond acceptors (Lipinski definition) is 7. The molecule has 1 aliphatic heterocycles. The smallest absolute Gasteiger partial charge is 0.311 e. The molecule has 40 heavy (non-hydrogen) atoms. The number of aromatic nitrogens is 4. The number of nitrogens with zero attached hydrogens (tertiary/aromatic N) is 5. The third-order valence-electron chi connectivity index (χ3n) is 6.46. The molecule has 2 aromatic carbocycles. The molecule has 1 fully saturated rings. The van der Waals surface area contributed by atoms with E-state index >= 15 is 4.39 Å². The number of benzene rings is 2. The van der Waals surface area contributed by atoms with Gasteiger partial charge in [-0.25, -0.2) is 27.8 Å². The molecule has 1 aliphatic rings. The summed E-state index contributed by atoms with van der Waals surface area (Å²) in [7, 11) is 1.35. The molecule has 5 rings (SSSR count). The summed E-state index contributed by atoms with van der Waals surface area (Å²) in [4.78, 5) is 33.9. The Labute approximate surface area is 224 Å². The highest BCUT2D eigenvalue weighted by molar-refractivity contribution is 6.34. The minimum absolute atomic E-state index is 0. The molecule has 2 aromatic heterocycles. The first-order valence-electron chi connectivity index (χ1n) is 11.9. The van der Waals surface area contributed by atoms with Crippen LogP contribution in [0, 0.1) is 29.1 Å². The Morgan fingerprint density at radius 1 is 1.07 bits per heavy atom. The third kappa shape index (κ3) is 4.63. The minimum Gasteiger partial charge on any atom is -0.451 e. The molecule has 15 heteroatoms. The zero-order valence-electron chi connectivity index (χ0n) is 20.7. The average molecular weight is 563 g/mol. The molecule has 3 N–H and O–H groups in total. The molecule has 2 amide bonds. The van der Waals surface area contributed by atoms with Crippen LogP contribution >= 0.6 is 0 Å². The Balaban J connectivity index is 0.00000387. The lowest BCUT2D eigenvalue weighted by Gasteiger charge is -2.32. The molecule has 0 aliphatic carbocycles. The van der Waals surface area contributed by atoms with Gasteiger partial charge in [0.25, 0.3) is 0 Å². The van der Waals surface area contributed by atoms with Crippen LogP contribution in [0.15, 0.2) is 30.6 Å². The van der Waals surface area contributed by atoms with Crippen LogP contribution < -0.4 is 15.8 Å². The Kier molecular flexibility index (Phi) is 6.95. The van der Waals surface area contributed by atoms with Gasteiger partial charge in [-0.3, -0.25) is 9.59 Å². The van der Waals surface area contributed by atoms with Crippen molar-refractivity contribution in [3.63, 3.8) is 0 Å². The first-order valence-corrected chi connectivity index (χ1v) is 11.9. The number of hydrogen-bond donors (Lipinski definition) is 2. The lowest BCUT2D eigenvalue weighted by Crippen LogP contribution is -2.47. The second-order valence-electron chi connectivity index (χ2n) is 8.92. The van der Waals surface area contributed by atoms with Crippen LogP contribution in [-0.2, 0) is 9.59 Å². The van der Waals surface area contributed by atoms with E-state index in [1.54, 1.807) is 0 Å². The fraction of sp³-hybridized carbons (Fsp3) is 0.240. The standard InChI is InChI=1S/C25H20F5N7O3.H2/c1-32-24(38)25(39)36-6-2-3-11(9-36)37-23-17(22(31)33-10-34-23)20(35-37)13-5-4-12(7-14(13)26)40-21-18(29)15(27)8-16(28)19(21)30;/h4-5,7-8,10-11H,2-3,6,9H2,1H3,(H,32,38)(H2,31,33,34);1H. The van der Waals surface area contributed by atoms with Crippen LogP contribution in [0.4, 0.5) is 27.8 Å². The molecular weight excluding hydrogens is 541 g/mol. The molecule has 0 spiro atoms. The maximum absolute atomic E-state index is 15.4. The van der Waals surface area contributed by atoms with Crippen LogP contribution in [0.2, 0.25) is 0 Å². The number of halogens is 5. The van der Waals surface area contributed by atoms with Gasteiger partial charge < -0.3 is 20.7 Å². The normalized spacial score (nSPS) is 15.3. The molecule has 0 radical (unpaired) electrons. The third-order valence-corrected chi connectivity index (χ3v) is 6.46. The second-order valence-corrected chi connectivity index (χ2v) is 8.92. The van der Waals surface area contributed by atoms with Crippen LogP contribution in [-0.4, -0.2) is 56.6 Å². The maximum Gasteiger partial charge on any atom is 0.311 e. The van der Waals surface area contributed by atoms with Gasteiger partial charge in [0.15, 0.2) is 17.3 Å². The number of carbonyl (C=O) groups is 2. The highest BCUT2D eigenvalue weighted by Crippen LogP contribution is 2.37. The van der Waals surface area contributed by atoms with Gasteiger partial charge in [-0.2, -0.15) is 13.9 Å². The minimum atomic E-state index is -1.78. The number of likely N-dealkylation sites (tertiary alicyclic amines) is 1. The Hall–Kier alpha value is -4.82. The van der Waals surface area contributed by atoms with Crippen LogP contribution in [0.25, 0.3) is 22.3 Å². The van der Waals surface area contributed by atoms with Gasteiger partial charge in [0.1, 0.15) is 29.4 Å². The number of rotatable bonds is 4. The maximum atomic E-state index is 15.4. The SMILES string of the molecule is CNC(=O)C(=O)N1CCCC(n2nc(-c3ccc(Oc4c(F)c(F)cc(F)c4F)cc3F)c3c(N)ncnc32)C1.[HH]. The van der Waals surface area contributed by atoms with Gasteiger partial charge in [0, 0.05) is 39.3 Å². The van der Waals surface area contributed by atoms with E-state index in [-0.39, 0.29) is 42.1 Å². The van der Waals surface area contributed by atoms with Gasteiger partial charge in [0.2, 0.25) is 17.4 Å². The summed E-state index contributed by atoms with van der Waals surface area (Å²) in [5, 5.41) is 7.02. The summed E-state index contributed by atoms with van der Waals surface area (Å²) in [6, 6.07) is 2.64. The zero-order chi connectivity index (χ0) is 28.7. The van der Waals surface area contributed by atoms with Crippen molar-refractivity contribution in [3.8, 4) is 22.8 Å². The van der Waals surface area contributed by atoms with Gasteiger partial charge in [0.05, 0.1) is 11.4 Å². The summed E-state index contributed by atoms with van der Waals surface area (Å²) in [6.45, 7) is 0.487. The van der Waals surface area contributed by atoms with Crippen LogP contribution in [0.5, 0.6) is 11.5 Å². The Bertz CT molecular complexity index is 1640. The number of nitrogen functional groups attached to an aromatic ring is 1. The van der Waals surface area contributed by atoms with Crippen LogP contribution in [0.3, 0.4) is 0 Å². The van der Waals surface area contributed by atoms with E-state index < -0.39 is 58.4 Å². The van der Waals surface area contributed by atoms with Crippen molar-refractivity contribution >= 4 is 28.7 Å². The van der Waals surface area contributed by atoms with Crippen molar-refractivity contribution in [2.24, 2.45) is 0 Å².